The predicted octanol–water partition coefficient (Wildman–Crippen LogP) is 2.75. The van der Waals surface area contributed by atoms with Crippen molar-refractivity contribution >= 4 is 11.6 Å². The first-order valence-corrected chi connectivity index (χ1v) is 7.84. The largest absolute Gasteiger partial charge is 0.493 e. The van der Waals surface area contributed by atoms with Crippen LogP contribution in [0.25, 0.3) is 5.70 Å². The Morgan fingerprint density at radius 3 is 2.56 bits per heavy atom. The minimum absolute atomic E-state index is 0.0875. The van der Waals surface area contributed by atoms with Crippen LogP contribution in [0.5, 0.6) is 11.5 Å². The van der Waals surface area contributed by atoms with Crippen LogP contribution < -0.4 is 14.8 Å². The number of nitrogens with one attached hydrogen (secondary N) is 1. The van der Waals surface area contributed by atoms with Crippen LogP contribution in [-0.2, 0) is 0 Å². The van der Waals surface area contributed by atoms with Crippen LogP contribution in [0.1, 0.15) is 17.2 Å². The standard InChI is InChI=1S/C18H17N5O2/c1-24-16-9-8-13(10-17(16)25-2)14-11-15(12-6-4-3-5-7-12)23-18(19-14)20-21-22-23/h3-11,15H,1-2H3,(H,19,20,22)/t15-/m1/s1. The molecule has 1 aliphatic rings. The topological polar surface area (TPSA) is 74.1 Å². The number of tetrazole rings is 1. The normalized spacial score (nSPS) is 15.8. The summed E-state index contributed by atoms with van der Waals surface area (Å²) in [5.74, 6) is 1.96. The van der Waals surface area contributed by atoms with Gasteiger partial charge in [0.1, 0.15) is 6.04 Å². The first-order valence-electron chi connectivity index (χ1n) is 7.84. The number of hydrogen-bond donors (Lipinski definition) is 1. The monoisotopic (exact) mass is 335 g/mol. The number of benzene rings is 2. The fourth-order valence-corrected chi connectivity index (χ4v) is 2.91. The van der Waals surface area contributed by atoms with Gasteiger partial charge >= 0.3 is 0 Å². The summed E-state index contributed by atoms with van der Waals surface area (Å²) in [6, 6.07) is 15.8. The van der Waals surface area contributed by atoms with E-state index >= 15 is 0 Å². The molecule has 126 valence electrons. The molecule has 7 nitrogen and oxygen atoms in total. The van der Waals surface area contributed by atoms with Crippen molar-refractivity contribution in [2.75, 3.05) is 19.5 Å². The van der Waals surface area contributed by atoms with Crippen molar-refractivity contribution < 1.29 is 9.47 Å². The molecular weight excluding hydrogens is 318 g/mol. The van der Waals surface area contributed by atoms with Gasteiger partial charge in [0, 0.05) is 11.3 Å². The Bertz CT molecular complexity index is 920. The zero-order valence-corrected chi connectivity index (χ0v) is 13.9. The average Bonchev–Trinajstić information content (AvgIpc) is 3.16. The van der Waals surface area contributed by atoms with Gasteiger partial charge in [-0.3, -0.25) is 0 Å². The van der Waals surface area contributed by atoms with Crippen LogP contribution in [0.15, 0.2) is 54.6 Å². The lowest BCUT2D eigenvalue weighted by Crippen LogP contribution is -2.20. The van der Waals surface area contributed by atoms with Crippen molar-refractivity contribution in [3.05, 3.63) is 65.7 Å². The molecule has 0 amide bonds. The fraction of sp³-hybridized carbons (Fsp3) is 0.167. The van der Waals surface area contributed by atoms with Crippen LogP contribution in [0.2, 0.25) is 0 Å². The summed E-state index contributed by atoms with van der Waals surface area (Å²) >= 11 is 0. The van der Waals surface area contributed by atoms with Gasteiger partial charge in [-0.05, 0) is 40.3 Å². The highest BCUT2D eigenvalue weighted by Gasteiger charge is 2.24. The summed E-state index contributed by atoms with van der Waals surface area (Å²) in [5.41, 5.74) is 2.99. The molecule has 25 heavy (non-hydrogen) atoms. The second-order valence-electron chi connectivity index (χ2n) is 5.58. The number of aromatic nitrogens is 4. The van der Waals surface area contributed by atoms with E-state index in [4.69, 9.17) is 9.47 Å². The van der Waals surface area contributed by atoms with E-state index in [2.05, 4.69) is 39.1 Å². The highest BCUT2D eigenvalue weighted by Crippen LogP contribution is 2.35. The van der Waals surface area contributed by atoms with Gasteiger partial charge < -0.3 is 14.8 Å². The first-order chi connectivity index (χ1) is 12.3. The molecule has 1 N–H and O–H groups in total. The molecule has 0 saturated carbocycles. The van der Waals surface area contributed by atoms with Crippen LogP contribution in [0.4, 0.5) is 5.95 Å². The van der Waals surface area contributed by atoms with E-state index in [0.717, 1.165) is 16.8 Å². The predicted molar refractivity (Wildman–Crippen MR) is 93.5 cm³/mol. The van der Waals surface area contributed by atoms with Crippen LogP contribution in [0.3, 0.4) is 0 Å². The van der Waals surface area contributed by atoms with Crippen molar-refractivity contribution in [3.63, 3.8) is 0 Å². The van der Waals surface area contributed by atoms with Crippen LogP contribution in [0, 0.1) is 0 Å². The maximum absolute atomic E-state index is 5.41. The van der Waals surface area contributed by atoms with E-state index in [-0.39, 0.29) is 6.04 Å². The zero-order valence-electron chi connectivity index (χ0n) is 13.9. The average molecular weight is 335 g/mol. The number of ether oxygens (including phenoxy) is 2. The molecule has 4 rings (SSSR count). The molecule has 1 aromatic heterocycles. The van der Waals surface area contributed by atoms with E-state index in [1.54, 1.807) is 18.9 Å². The van der Waals surface area contributed by atoms with E-state index in [9.17, 15) is 0 Å². The summed E-state index contributed by atoms with van der Waals surface area (Å²) in [5, 5.41) is 15.3. The van der Waals surface area contributed by atoms with Crippen molar-refractivity contribution in [2.24, 2.45) is 0 Å². The number of allylic oxidation sites excluding steroid dienone is 1. The number of anilines is 1. The molecule has 0 aliphatic carbocycles. The number of nitrogens with zero attached hydrogens (tertiary/aromatic N) is 4. The lowest BCUT2D eigenvalue weighted by atomic mass is 10.0. The van der Waals surface area contributed by atoms with Crippen molar-refractivity contribution in [2.45, 2.75) is 6.04 Å². The van der Waals surface area contributed by atoms with E-state index in [1.165, 1.54) is 0 Å². The summed E-state index contributed by atoms with van der Waals surface area (Å²) in [7, 11) is 3.24. The molecule has 7 heteroatoms. The maximum Gasteiger partial charge on any atom is 0.248 e. The van der Waals surface area contributed by atoms with Crippen molar-refractivity contribution in [3.8, 4) is 11.5 Å². The molecule has 1 atom stereocenters. The highest BCUT2D eigenvalue weighted by atomic mass is 16.5. The quantitative estimate of drug-likeness (QED) is 0.790. The number of fused-ring (bicyclic) bond motifs is 1. The second kappa shape index (κ2) is 6.27. The van der Waals surface area contributed by atoms with Gasteiger partial charge in [0.15, 0.2) is 11.5 Å². The third-order valence-electron chi connectivity index (χ3n) is 4.16. The minimum Gasteiger partial charge on any atom is -0.493 e. The Morgan fingerprint density at radius 1 is 1.00 bits per heavy atom. The molecule has 0 fully saturated rings. The van der Waals surface area contributed by atoms with Crippen LogP contribution in [-0.4, -0.2) is 34.4 Å². The van der Waals surface area contributed by atoms with Crippen molar-refractivity contribution in [1.29, 1.82) is 0 Å². The third-order valence-corrected chi connectivity index (χ3v) is 4.16. The summed E-state index contributed by atoms with van der Waals surface area (Å²) < 4.78 is 12.5. The number of methoxy groups -OCH3 is 2. The van der Waals surface area contributed by atoms with Crippen molar-refractivity contribution in [1.82, 2.24) is 20.2 Å². The molecule has 2 heterocycles. The molecule has 3 aromatic rings. The first kappa shape index (κ1) is 15.2. The van der Waals surface area contributed by atoms with Gasteiger partial charge in [-0.25, -0.2) is 0 Å². The van der Waals surface area contributed by atoms with Gasteiger partial charge in [-0.2, -0.15) is 4.68 Å². The molecule has 1 aliphatic heterocycles. The van der Waals surface area contributed by atoms with Gasteiger partial charge in [0.05, 0.1) is 14.2 Å². The zero-order chi connectivity index (χ0) is 17.2. The number of rotatable bonds is 4. The minimum atomic E-state index is -0.0875. The highest BCUT2D eigenvalue weighted by molar-refractivity contribution is 5.78. The fourth-order valence-electron chi connectivity index (χ4n) is 2.91. The molecular formula is C18H17N5O2. The Hall–Kier alpha value is -3.35. The molecule has 0 spiro atoms. The Morgan fingerprint density at radius 2 is 1.80 bits per heavy atom. The van der Waals surface area contributed by atoms with Gasteiger partial charge in [0.2, 0.25) is 5.95 Å². The molecule has 0 unspecified atom stereocenters. The third kappa shape index (κ3) is 2.69. The van der Waals surface area contributed by atoms with E-state index in [1.807, 2.05) is 36.4 Å². The number of hydrogen-bond acceptors (Lipinski definition) is 6. The summed E-state index contributed by atoms with van der Waals surface area (Å²) in [6.45, 7) is 0. The second-order valence-corrected chi connectivity index (χ2v) is 5.58. The molecule has 2 aromatic carbocycles. The van der Waals surface area contributed by atoms with E-state index in [0.29, 0.717) is 17.4 Å². The smallest absolute Gasteiger partial charge is 0.248 e. The summed E-state index contributed by atoms with van der Waals surface area (Å²) in [6.07, 6.45) is 2.10. The summed E-state index contributed by atoms with van der Waals surface area (Å²) in [4.78, 5) is 0. The van der Waals surface area contributed by atoms with Gasteiger partial charge in [-0.15, -0.1) is 0 Å². The van der Waals surface area contributed by atoms with Crippen LogP contribution >= 0.6 is 0 Å². The molecule has 0 saturated heterocycles. The van der Waals surface area contributed by atoms with Gasteiger partial charge in [0.25, 0.3) is 0 Å². The SMILES string of the molecule is COc1ccc(C2=C[C@H](c3ccccc3)n3nnnc3N2)cc1OC. The Balaban J connectivity index is 1.79. The van der Waals surface area contributed by atoms with Gasteiger partial charge in [-0.1, -0.05) is 35.4 Å². The van der Waals surface area contributed by atoms with E-state index < -0.39 is 0 Å². The molecule has 0 bridgehead atoms. The molecule has 0 radical (unpaired) electrons. The maximum atomic E-state index is 5.41. The lowest BCUT2D eigenvalue weighted by molar-refractivity contribution is 0.355. The lowest BCUT2D eigenvalue weighted by Gasteiger charge is -2.23. The Labute approximate surface area is 144 Å². The Kier molecular flexibility index (Phi) is 3.81.